The van der Waals surface area contributed by atoms with Crippen molar-refractivity contribution in [1.29, 1.82) is 0 Å². The van der Waals surface area contributed by atoms with Gasteiger partial charge in [-0.1, -0.05) is 56.5 Å². The van der Waals surface area contributed by atoms with E-state index in [9.17, 15) is 0 Å². The summed E-state index contributed by atoms with van der Waals surface area (Å²) in [5.41, 5.74) is 1.43. The van der Waals surface area contributed by atoms with Crippen LogP contribution in [0.3, 0.4) is 0 Å². The predicted molar refractivity (Wildman–Crippen MR) is 78.6 cm³/mol. The first-order chi connectivity index (χ1) is 8.81. The van der Waals surface area contributed by atoms with Gasteiger partial charge in [0.2, 0.25) is 0 Å². The molecular formula is C17H27N. The number of hydrogen-bond acceptors (Lipinski definition) is 1. The molecule has 1 heteroatoms. The lowest BCUT2D eigenvalue weighted by atomic mass is 9.84. The average Bonchev–Trinajstić information content (AvgIpc) is 2.46. The van der Waals surface area contributed by atoms with Gasteiger partial charge >= 0.3 is 0 Å². The Morgan fingerprint density at radius 2 is 1.78 bits per heavy atom. The summed E-state index contributed by atoms with van der Waals surface area (Å²) in [6, 6.07) is 12.0. The fourth-order valence-electron chi connectivity index (χ4n) is 3.22. The minimum absolute atomic E-state index is 0.517. The molecular weight excluding hydrogens is 218 g/mol. The Hall–Kier alpha value is -0.820. The van der Waals surface area contributed by atoms with Crippen molar-refractivity contribution in [3.63, 3.8) is 0 Å². The third kappa shape index (κ3) is 3.58. The zero-order valence-electron chi connectivity index (χ0n) is 11.9. The van der Waals surface area contributed by atoms with Crippen LogP contribution in [0.2, 0.25) is 0 Å². The van der Waals surface area contributed by atoms with Crippen molar-refractivity contribution >= 4 is 0 Å². The van der Waals surface area contributed by atoms with Gasteiger partial charge in [-0.3, -0.25) is 0 Å². The molecule has 1 aliphatic carbocycles. The van der Waals surface area contributed by atoms with Crippen molar-refractivity contribution < 1.29 is 0 Å². The highest BCUT2D eigenvalue weighted by molar-refractivity contribution is 5.18. The van der Waals surface area contributed by atoms with Crippen molar-refractivity contribution in [3.05, 3.63) is 35.9 Å². The fourth-order valence-corrected chi connectivity index (χ4v) is 3.22. The molecule has 1 aromatic rings. The number of rotatable bonds is 5. The number of hydrogen-bond donors (Lipinski definition) is 1. The molecule has 0 spiro atoms. The van der Waals surface area contributed by atoms with Gasteiger partial charge in [-0.25, -0.2) is 0 Å². The summed E-state index contributed by atoms with van der Waals surface area (Å²) < 4.78 is 0. The molecule has 100 valence electrons. The minimum atomic E-state index is 0.517. The maximum absolute atomic E-state index is 3.85. The standard InChI is InChI=1S/C17H27N/c1-3-17(16-12-8-5-9-13-16)18-14(2)15-10-6-4-7-11-15/h5,8-9,12-15,17-18H,3-4,6-7,10-11H2,1-2H3/t14-,17?/m1/s1. The summed E-state index contributed by atoms with van der Waals surface area (Å²) in [6.45, 7) is 4.65. The zero-order valence-corrected chi connectivity index (χ0v) is 11.9. The molecule has 0 aliphatic heterocycles. The summed E-state index contributed by atoms with van der Waals surface area (Å²) >= 11 is 0. The molecule has 18 heavy (non-hydrogen) atoms. The van der Waals surface area contributed by atoms with Crippen molar-refractivity contribution in [1.82, 2.24) is 5.32 Å². The monoisotopic (exact) mass is 245 g/mol. The van der Waals surface area contributed by atoms with E-state index in [1.54, 1.807) is 0 Å². The van der Waals surface area contributed by atoms with E-state index >= 15 is 0 Å². The molecule has 0 amide bonds. The largest absolute Gasteiger partial charge is 0.307 e. The van der Waals surface area contributed by atoms with Crippen molar-refractivity contribution in [2.24, 2.45) is 5.92 Å². The molecule has 0 heterocycles. The Morgan fingerprint density at radius 3 is 2.39 bits per heavy atom. The fraction of sp³-hybridized carbons (Fsp3) is 0.647. The topological polar surface area (TPSA) is 12.0 Å². The molecule has 2 atom stereocenters. The number of nitrogens with one attached hydrogen (secondary N) is 1. The summed E-state index contributed by atoms with van der Waals surface area (Å²) in [5.74, 6) is 0.886. The maximum atomic E-state index is 3.85. The molecule has 0 radical (unpaired) electrons. The van der Waals surface area contributed by atoms with Crippen LogP contribution in [0, 0.1) is 5.92 Å². The quantitative estimate of drug-likeness (QED) is 0.793. The Morgan fingerprint density at radius 1 is 1.11 bits per heavy atom. The maximum Gasteiger partial charge on any atom is 0.0320 e. The minimum Gasteiger partial charge on any atom is -0.307 e. The highest BCUT2D eigenvalue weighted by Gasteiger charge is 2.22. The predicted octanol–water partition coefficient (Wildman–Crippen LogP) is 4.70. The second-order valence-electron chi connectivity index (χ2n) is 5.72. The Bertz CT molecular complexity index is 327. The molecule has 0 bridgehead atoms. The molecule has 1 N–H and O–H groups in total. The van der Waals surface area contributed by atoms with E-state index in [4.69, 9.17) is 0 Å². The highest BCUT2D eigenvalue weighted by Crippen LogP contribution is 2.28. The van der Waals surface area contributed by atoms with Crippen LogP contribution in [-0.4, -0.2) is 6.04 Å². The van der Waals surface area contributed by atoms with E-state index in [1.807, 2.05) is 0 Å². The van der Waals surface area contributed by atoms with E-state index in [1.165, 1.54) is 44.1 Å². The van der Waals surface area contributed by atoms with E-state index in [0.717, 1.165) is 5.92 Å². The smallest absolute Gasteiger partial charge is 0.0320 e. The summed E-state index contributed by atoms with van der Waals surface area (Å²) in [6.07, 6.45) is 8.30. The van der Waals surface area contributed by atoms with Gasteiger partial charge in [0, 0.05) is 12.1 Å². The first kappa shape index (κ1) is 13.6. The third-order valence-corrected chi connectivity index (χ3v) is 4.43. The van der Waals surface area contributed by atoms with Crippen LogP contribution in [0.15, 0.2) is 30.3 Å². The van der Waals surface area contributed by atoms with Gasteiger partial charge < -0.3 is 5.32 Å². The van der Waals surface area contributed by atoms with E-state index in [-0.39, 0.29) is 0 Å². The molecule has 2 rings (SSSR count). The second-order valence-corrected chi connectivity index (χ2v) is 5.72. The Labute approximate surface area is 112 Å². The van der Waals surface area contributed by atoms with Gasteiger partial charge in [0.25, 0.3) is 0 Å². The SMILES string of the molecule is CCC(N[C@H](C)C1CCCCC1)c1ccccc1. The van der Waals surface area contributed by atoms with Gasteiger partial charge in [0.05, 0.1) is 0 Å². The molecule has 0 saturated heterocycles. The van der Waals surface area contributed by atoms with Crippen LogP contribution in [0.1, 0.15) is 64.0 Å². The van der Waals surface area contributed by atoms with Crippen LogP contribution in [0.25, 0.3) is 0 Å². The first-order valence-electron chi connectivity index (χ1n) is 7.62. The van der Waals surface area contributed by atoms with Crippen LogP contribution in [-0.2, 0) is 0 Å². The van der Waals surface area contributed by atoms with Crippen LogP contribution < -0.4 is 5.32 Å². The lowest BCUT2D eigenvalue weighted by Gasteiger charge is -2.31. The molecule has 1 nitrogen and oxygen atoms in total. The van der Waals surface area contributed by atoms with Crippen molar-refractivity contribution in [3.8, 4) is 0 Å². The second kappa shape index (κ2) is 6.94. The Balaban J connectivity index is 1.93. The molecule has 0 aromatic heterocycles. The van der Waals surface area contributed by atoms with Gasteiger partial charge in [-0.2, -0.15) is 0 Å². The van der Waals surface area contributed by atoms with E-state index in [0.29, 0.717) is 12.1 Å². The van der Waals surface area contributed by atoms with Crippen LogP contribution in [0.5, 0.6) is 0 Å². The van der Waals surface area contributed by atoms with E-state index < -0.39 is 0 Å². The zero-order chi connectivity index (χ0) is 12.8. The van der Waals surface area contributed by atoms with Crippen molar-refractivity contribution in [2.45, 2.75) is 64.5 Å². The van der Waals surface area contributed by atoms with Gasteiger partial charge in [-0.15, -0.1) is 0 Å². The normalized spacial score (nSPS) is 20.6. The summed E-state index contributed by atoms with van der Waals surface area (Å²) in [5, 5.41) is 3.85. The third-order valence-electron chi connectivity index (χ3n) is 4.43. The lowest BCUT2D eigenvalue weighted by Crippen LogP contribution is -2.37. The van der Waals surface area contributed by atoms with Gasteiger partial charge in [-0.05, 0) is 37.7 Å². The van der Waals surface area contributed by atoms with Crippen molar-refractivity contribution in [2.75, 3.05) is 0 Å². The highest BCUT2D eigenvalue weighted by atomic mass is 14.9. The lowest BCUT2D eigenvalue weighted by molar-refractivity contribution is 0.262. The first-order valence-corrected chi connectivity index (χ1v) is 7.62. The molecule has 1 aromatic carbocycles. The summed E-state index contributed by atoms with van der Waals surface area (Å²) in [7, 11) is 0. The van der Waals surface area contributed by atoms with E-state index in [2.05, 4.69) is 49.5 Å². The van der Waals surface area contributed by atoms with Gasteiger partial charge in [0.15, 0.2) is 0 Å². The number of benzene rings is 1. The molecule has 1 unspecified atom stereocenters. The molecule has 1 fully saturated rings. The Kier molecular flexibility index (Phi) is 5.25. The molecule has 1 saturated carbocycles. The average molecular weight is 245 g/mol. The van der Waals surface area contributed by atoms with Gasteiger partial charge in [0.1, 0.15) is 0 Å². The molecule has 1 aliphatic rings. The van der Waals surface area contributed by atoms with Crippen LogP contribution in [0.4, 0.5) is 0 Å². The van der Waals surface area contributed by atoms with Crippen LogP contribution >= 0.6 is 0 Å². The summed E-state index contributed by atoms with van der Waals surface area (Å²) in [4.78, 5) is 0.